The standard InChI is InChI=1S/C13H10NO4/c15-12-5-7-13(8-6-12)18-9-10-1-3-11(4-2-10)14(16)17/h1-8H,9H2. The van der Waals surface area contributed by atoms with Gasteiger partial charge in [0.25, 0.3) is 5.69 Å². The predicted octanol–water partition coefficient (Wildman–Crippen LogP) is 3.32. The van der Waals surface area contributed by atoms with E-state index in [1.165, 1.54) is 24.3 Å². The fraction of sp³-hybridized carbons (Fsp3) is 0.0769. The normalized spacial score (nSPS) is 10.0. The average molecular weight is 244 g/mol. The van der Waals surface area contributed by atoms with E-state index < -0.39 is 4.92 Å². The SMILES string of the molecule is [O]c1ccc(OCc2ccc([N+](=O)[O-])cc2)cc1. The van der Waals surface area contributed by atoms with Crippen LogP contribution in [0.2, 0.25) is 0 Å². The van der Waals surface area contributed by atoms with Crippen molar-refractivity contribution in [2.75, 3.05) is 0 Å². The van der Waals surface area contributed by atoms with E-state index in [0.29, 0.717) is 12.4 Å². The molecule has 0 saturated carbocycles. The van der Waals surface area contributed by atoms with E-state index in [0.717, 1.165) is 5.56 Å². The van der Waals surface area contributed by atoms with E-state index in [-0.39, 0.29) is 11.4 Å². The molecule has 0 aromatic heterocycles. The quantitative estimate of drug-likeness (QED) is 0.611. The molecule has 2 rings (SSSR count). The first kappa shape index (κ1) is 11.9. The minimum Gasteiger partial charge on any atom is -0.489 e. The summed E-state index contributed by atoms with van der Waals surface area (Å²) in [6.45, 7) is 0.302. The number of rotatable bonds is 4. The van der Waals surface area contributed by atoms with Crippen LogP contribution in [0, 0.1) is 10.1 Å². The molecule has 2 aromatic carbocycles. The van der Waals surface area contributed by atoms with Crippen LogP contribution in [0.5, 0.6) is 11.5 Å². The summed E-state index contributed by atoms with van der Waals surface area (Å²) in [7, 11) is 0. The lowest BCUT2D eigenvalue weighted by Crippen LogP contribution is -1.95. The molecule has 91 valence electrons. The maximum atomic E-state index is 10.9. The Bertz CT molecular complexity index is 534. The molecule has 0 aliphatic rings. The van der Waals surface area contributed by atoms with Gasteiger partial charge in [-0.3, -0.25) is 15.2 Å². The molecule has 0 bridgehead atoms. The van der Waals surface area contributed by atoms with Crippen molar-refractivity contribution in [3.8, 4) is 11.5 Å². The molecule has 2 aromatic rings. The van der Waals surface area contributed by atoms with Crippen LogP contribution >= 0.6 is 0 Å². The summed E-state index contributed by atoms with van der Waals surface area (Å²) in [5.74, 6) is 0.519. The summed E-state index contributed by atoms with van der Waals surface area (Å²) < 4.78 is 5.44. The minimum atomic E-state index is -0.447. The van der Waals surface area contributed by atoms with Crippen molar-refractivity contribution in [3.63, 3.8) is 0 Å². The molecule has 0 aliphatic carbocycles. The van der Waals surface area contributed by atoms with Crippen molar-refractivity contribution in [2.45, 2.75) is 6.61 Å². The van der Waals surface area contributed by atoms with Gasteiger partial charge in [0.15, 0.2) is 5.75 Å². The Morgan fingerprint density at radius 1 is 1.00 bits per heavy atom. The van der Waals surface area contributed by atoms with Crippen molar-refractivity contribution in [1.82, 2.24) is 0 Å². The Morgan fingerprint density at radius 2 is 1.61 bits per heavy atom. The molecular weight excluding hydrogens is 234 g/mol. The second-order valence-electron chi connectivity index (χ2n) is 3.68. The van der Waals surface area contributed by atoms with Crippen LogP contribution in [0.1, 0.15) is 5.56 Å². The maximum Gasteiger partial charge on any atom is 0.269 e. The van der Waals surface area contributed by atoms with Crippen molar-refractivity contribution in [1.29, 1.82) is 0 Å². The number of nitro groups is 1. The zero-order chi connectivity index (χ0) is 13.0. The Hall–Kier alpha value is -2.56. The van der Waals surface area contributed by atoms with Gasteiger partial charge in [0.2, 0.25) is 0 Å². The zero-order valence-electron chi connectivity index (χ0n) is 9.41. The van der Waals surface area contributed by atoms with Gasteiger partial charge in [-0.2, -0.15) is 0 Å². The van der Waals surface area contributed by atoms with Gasteiger partial charge in [0, 0.05) is 12.1 Å². The summed E-state index contributed by atoms with van der Waals surface area (Å²) in [5, 5.41) is 21.3. The van der Waals surface area contributed by atoms with E-state index in [1.54, 1.807) is 24.3 Å². The number of nitrogens with zero attached hydrogens (tertiary/aromatic N) is 1. The first-order valence-corrected chi connectivity index (χ1v) is 5.28. The molecule has 1 radical (unpaired) electrons. The zero-order valence-corrected chi connectivity index (χ0v) is 9.41. The van der Waals surface area contributed by atoms with Crippen LogP contribution in [-0.4, -0.2) is 4.92 Å². The maximum absolute atomic E-state index is 10.9. The largest absolute Gasteiger partial charge is 0.489 e. The second-order valence-corrected chi connectivity index (χ2v) is 3.68. The highest BCUT2D eigenvalue weighted by molar-refractivity contribution is 5.33. The van der Waals surface area contributed by atoms with Gasteiger partial charge in [-0.1, -0.05) is 0 Å². The van der Waals surface area contributed by atoms with Crippen LogP contribution in [0.3, 0.4) is 0 Å². The molecule has 0 atom stereocenters. The number of non-ortho nitro benzene ring substituents is 1. The first-order valence-electron chi connectivity index (χ1n) is 5.28. The highest BCUT2D eigenvalue weighted by Gasteiger charge is 2.04. The molecule has 5 nitrogen and oxygen atoms in total. The fourth-order valence-corrected chi connectivity index (χ4v) is 1.42. The Kier molecular flexibility index (Phi) is 3.43. The van der Waals surface area contributed by atoms with Crippen LogP contribution in [-0.2, 0) is 11.7 Å². The number of ether oxygens (including phenoxy) is 1. The van der Waals surface area contributed by atoms with Gasteiger partial charge in [0.05, 0.1) is 4.92 Å². The number of nitro benzene ring substituents is 1. The Labute approximate surface area is 103 Å². The van der Waals surface area contributed by atoms with Crippen LogP contribution < -0.4 is 4.74 Å². The van der Waals surface area contributed by atoms with Gasteiger partial charge in [-0.15, -0.1) is 0 Å². The van der Waals surface area contributed by atoms with Gasteiger partial charge < -0.3 is 4.74 Å². The van der Waals surface area contributed by atoms with Crippen LogP contribution in [0.25, 0.3) is 0 Å². The lowest BCUT2D eigenvalue weighted by molar-refractivity contribution is -0.384. The molecule has 0 spiro atoms. The van der Waals surface area contributed by atoms with Crippen LogP contribution in [0.15, 0.2) is 48.5 Å². The molecule has 0 fully saturated rings. The van der Waals surface area contributed by atoms with Crippen molar-refractivity contribution in [2.24, 2.45) is 0 Å². The monoisotopic (exact) mass is 244 g/mol. The minimum absolute atomic E-state index is 0.0504. The molecule has 0 unspecified atom stereocenters. The smallest absolute Gasteiger partial charge is 0.269 e. The lowest BCUT2D eigenvalue weighted by atomic mass is 10.2. The lowest BCUT2D eigenvalue weighted by Gasteiger charge is -2.05. The molecule has 0 amide bonds. The molecular formula is C13H10NO4. The van der Waals surface area contributed by atoms with E-state index in [4.69, 9.17) is 4.74 Å². The predicted molar refractivity (Wildman–Crippen MR) is 64.0 cm³/mol. The van der Waals surface area contributed by atoms with Gasteiger partial charge >= 0.3 is 0 Å². The van der Waals surface area contributed by atoms with Gasteiger partial charge in [-0.25, -0.2) is 0 Å². The molecule has 18 heavy (non-hydrogen) atoms. The van der Waals surface area contributed by atoms with Gasteiger partial charge in [-0.05, 0) is 42.0 Å². The van der Waals surface area contributed by atoms with E-state index in [1.807, 2.05) is 0 Å². The summed E-state index contributed by atoms with van der Waals surface area (Å²) in [6, 6.07) is 12.2. The third-order valence-corrected chi connectivity index (χ3v) is 2.38. The average Bonchev–Trinajstić information content (AvgIpc) is 2.38. The first-order chi connectivity index (χ1) is 8.65. The Balaban J connectivity index is 1.97. The van der Waals surface area contributed by atoms with Crippen molar-refractivity contribution in [3.05, 3.63) is 64.2 Å². The summed E-state index contributed by atoms with van der Waals surface area (Å²) in [5.41, 5.74) is 0.876. The molecule has 0 N–H and O–H groups in total. The summed E-state index contributed by atoms with van der Waals surface area (Å²) in [4.78, 5) is 10.0. The third kappa shape index (κ3) is 2.98. The summed E-state index contributed by atoms with van der Waals surface area (Å²) >= 11 is 0. The van der Waals surface area contributed by atoms with Gasteiger partial charge in [0.1, 0.15) is 12.4 Å². The van der Waals surface area contributed by atoms with Crippen molar-refractivity contribution < 1.29 is 14.8 Å². The molecule has 0 heterocycles. The van der Waals surface area contributed by atoms with E-state index >= 15 is 0 Å². The van der Waals surface area contributed by atoms with Crippen molar-refractivity contribution >= 4 is 5.69 Å². The third-order valence-electron chi connectivity index (χ3n) is 2.38. The highest BCUT2D eigenvalue weighted by Crippen LogP contribution is 2.18. The topological polar surface area (TPSA) is 72.3 Å². The van der Waals surface area contributed by atoms with Crippen LogP contribution in [0.4, 0.5) is 5.69 Å². The number of hydrogen-bond donors (Lipinski definition) is 0. The highest BCUT2D eigenvalue weighted by atomic mass is 16.6. The fourth-order valence-electron chi connectivity index (χ4n) is 1.42. The second kappa shape index (κ2) is 5.18. The number of benzene rings is 2. The molecule has 0 aliphatic heterocycles. The Morgan fingerprint density at radius 3 is 2.17 bits per heavy atom. The number of hydrogen-bond acceptors (Lipinski definition) is 3. The van der Waals surface area contributed by atoms with E-state index in [9.17, 15) is 15.2 Å². The molecule has 0 saturated heterocycles. The molecule has 5 heteroatoms. The summed E-state index contributed by atoms with van der Waals surface area (Å²) in [6.07, 6.45) is 0. The van der Waals surface area contributed by atoms with E-state index in [2.05, 4.69) is 0 Å².